The molecule has 0 amide bonds. The summed E-state index contributed by atoms with van der Waals surface area (Å²) in [4.78, 5) is 0. The molecule has 0 aliphatic heterocycles. The van der Waals surface area contributed by atoms with E-state index in [1.807, 2.05) is 13.8 Å². The Morgan fingerprint density at radius 2 is 2.23 bits per heavy atom. The zero-order chi connectivity index (χ0) is 10.3. The normalized spacial score (nSPS) is 14.7. The smallest absolute Gasteiger partial charge is 0.166 e. The number of rotatable bonds is 5. The van der Waals surface area contributed by atoms with Crippen LogP contribution in [0.25, 0.3) is 0 Å². The maximum atomic E-state index is 10.8. The van der Waals surface area contributed by atoms with Gasteiger partial charge in [-0.2, -0.15) is 0 Å². The Labute approximate surface area is 88.1 Å². The Balaban J connectivity index is 3.55. The molecule has 0 bridgehead atoms. The second-order valence-corrected chi connectivity index (χ2v) is 4.93. The third-order valence-electron chi connectivity index (χ3n) is 1.55. The molecule has 2 N–H and O–H groups in total. The van der Waals surface area contributed by atoms with E-state index in [4.69, 9.17) is 12.2 Å². The van der Waals surface area contributed by atoms with Crippen molar-refractivity contribution in [3.63, 3.8) is 0 Å². The van der Waals surface area contributed by atoms with Crippen molar-refractivity contribution >= 4 is 28.1 Å². The van der Waals surface area contributed by atoms with E-state index in [0.29, 0.717) is 5.11 Å². The summed E-state index contributed by atoms with van der Waals surface area (Å²) < 4.78 is 10.8. The van der Waals surface area contributed by atoms with Crippen molar-refractivity contribution in [1.82, 2.24) is 10.6 Å². The fourth-order valence-electron chi connectivity index (χ4n) is 0.850. The number of hydrogen-bond donors (Lipinski definition) is 2. The van der Waals surface area contributed by atoms with Gasteiger partial charge in [0.1, 0.15) is 0 Å². The molecule has 0 aromatic rings. The molecule has 3 nitrogen and oxygen atoms in total. The van der Waals surface area contributed by atoms with Crippen LogP contribution in [0.2, 0.25) is 0 Å². The van der Waals surface area contributed by atoms with E-state index in [0.717, 1.165) is 18.7 Å². The maximum absolute atomic E-state index is 10.8. The molecule has 5 heteroatoms. The molecule has 0 saturated carbocycles. The summed E-state index contributed by atoms with van der Waals surface area (Å²) in [6.07, 6.45) is 2.60. The van der Waals surface area contributed by atoms with E-state index in [1.54, 1.807) is 6.26 Å². The molecule has 0 fully saturated rings. The summed E-state index contributed by atoms with van der Waals surface area (Å²) in [7, 11) is -0.708. The van der Waals surface area contributed by atoms with E-state index < -0.39 is 10.8 Å². The van der Waals surface area contributed by atoms with Gasteiger partial charge in [0.15, 0.2) is 5.11 Å². The van der Waals surface area contributed by atoms with E-state index in [2.05, 4.69) is 10.6 Å². The van der Waals surface area contributed by atoms with Gasteiger partial charge < -0.3 is 10.6 Å². The van der Waals surface area contributed by atoms with Gasteiger partial charge >= 0.3 is 0 Å². The monoisotopic (exact) mass is 222 g/mol. The van der Waals surface area contributed by atoms with Gasteiger partial charge in [-0.05, 0) is 32.5 Å². The molecule has 78 valence electrons. The zero-order valence-electron chi connectivity index (χ0n) is 8.42. The van der Waals surface area contributed by atoms with Crippen molar-refractivity contribution in [3.8, 4) is 0 Å². The largest absolute Gasteiger partial charge is 0.363 e. The average Bonchev–Trinajstić information content (AvgIpc) is 2.01. The highest BCUT2D eigenvalue weighted by atomic mass is 32.2. The van der Waals surface area contributed by atoms with Gasteiger partial charge in [0.2, 0.25) is 0 Å². The van der Waals surface area contributed by atoms with Gasteiger partial charge in [0.05, 0.1) is 0 Å². The Kier molecular flexibility index (Phi) is 7.17. The second kappa shape index (κ2) is 7.26. The molecule has 0 aliphatic carbocycles. The molecule has 0 saturated heterocycles. The predicted molar refractivity (Wildman–Crippen MR) is 62.4 cm³/mol. The molecule has 0 aromatic heterocycles. The van der Waals surface area contributed by atoms with Crippen LogP contribution >= 0.6 is 12.2 Å². The first kappa shape index (κ1) is 12.8. The van der Waals surface area contributed by atoms with Crippen molar-refractivity contribution in [3.05, 3.63) is 0 Å². The van der Waals surface area contributed by atoms with Crippen LogP contribution in [0.1, 0.15) is 20.3 Å². The lowest BCUT2D eigenvalue weighted by atomic mass is 10.3. The lowest BCUT2D eigenvalue weighted by Crippen LogP contribution is -2.40. The summed E-state index contributed by atoms with van der Waals surface area (Å²) in [5.74, 6) is 0.725. The lowest BCUT2D eigenvalue weighted by molar-refractivity contribution is 0.628. The number of nitrogens with one attached hydrogen (secondary N) is 2. The first-order valence-corrected chi connectivity index (χ1v) is 6.54. The van der Waals surface area contributed by atoms with Gasteiger partial charge in [0.25, 0.3) is 0 Å². The quantitative estimate of drug-likeness (QED) is 0.670. The van der Waals surface area contributed by atoms with E-state index >= 15 is 0 Å². The lowest BCUT2D eigenvalue weighted by Gasteiger charge is -2.15. The van der Waals surface area contributed by atoms with E-state index in [-0.39, 0.29) is 6.04 Å². The van der Waals surface area contributed by atoms with Gasteiger partial charge in [-0.1, -0.05) is 0 Å². The van der Waals surface area contributed by atoms with Crippen molar-refractivity contribution in [2.24, 2.45) is 0 Å². The molecular weight excluding hydrogens is 204 g/mol. The third kappa shape index (κ3) is 8.18. The molecular formula is C8H18N2OS2. The van der Waals surface area contributed by atoms with Gasteiger partial charge in [-0.3, -0.25) is 4.21 Å². The Bertz CT molecular complexity index is 185. The number of hydrogen-bond acceptors (Lipinski definition) is 2. The summed E-state index contributed by atoms with van der Waals surface area (Å²) in [5, 5.41) is 6.81. The van der Waals surface area contributed by atoms with Crippen LogP contribution in [-0.4, -0.2) is 33.9 Å². The fourth-order valence-corrected chi connectivity index (χ4v) is 1.88. The molecule has 13 heavy (non-hydrogen) atoms. The molecule has 0 rings (SSSR count). The van der Waals surface area contributed by atoms with Crippen LogP contribution in [0.5, 0.6) is 0 Å². The van der Waals surface area contributed by atoms with Gasteiger partial charge in [-0.25, -0.2) is 0 Å². The van der Waals surface area contributed by atoms with Crippen LogP contribution < -0.4 is 10.6 Å². The average molecular weight is 222 g/mol. The minimum absolute atomic E-state index is 0.287. The van der Waals surface area contributed by atoms with Gasteiger partial charge in [-0.15, -0.1) is 0 Å². The van der Waals surface area contributed by atoms with Crippen LogP contribution in [0, 0.1) is 0 Å². The Hall–Kier alpha value is -0.160. The summed E-state index contributed by atoms with van der Waals surface area (Å²) in [5.41, 5.74) is 0. The first-order chi connectivity index (χ1) is 6.06. The Morgan fingerprint density at radius 1 is 1.62 bits per heavy atom. The highest BCUT2D eigenvalue weighted by molar-refractivity contribution is 7.84. The zero-order valence-corrected chi connectivity index (χ0v) is 10.1. The molecule has 0 aromatic carbocycles. The fraction of sp³-hybridized carbons (Fsp3) is 0.875. The van der Waals surface area contributed by atoms with Crippen molar-refractivity contribution in [2.75, 3.05) is 18.6 Å². The predicted octanol–water partition coefficient (Wildman–Crippen LogP) is 0.627. The summed E-state index contributed by atoms with van der Waals surface area (Å²) in [6.45, 7) is 4.87. The van der Waals surface area contributed by atoms with Crippen LogP contribution in [0.3, 0.4) is 0 Å². The molecule has 0 aliphatic rings. The minimum Gasteiger partial charge on any atom is -0.363 e. The van der Waals surface area contributed by atoms with Crippen LogP contribution in [-0.2, 0) is 10.8 Å². The maximum Gasteiger partial charge on any atom is 0.166 e. The molecule has 0 heterocycles. The van der Waals surface area contributed by atoms with Crippen molar-refractivity contribution < 1.29 is 4.21 Å². The molecule has 0 spiro atoms. The third-order valence-corrected chi connectivity index (χ3v) is 2.63. The van der Waals surface area contributed by atoms with E-state index in [9.17, 15) is 4.21 Å². The number of thiocarbonyl (C=S) groups is 1. The first-order valence-electron chi connectivity index (χ1n) is 4.40. The van der Waals surface area contributed by atoms with Crippen molar-refractivity contribution in [1.29, 1.82) is 0 Å². The highest BCUT2D eigenvalue weighted by Crippen LogP contribution is 1.92. The molecule has 0 radical (unpaired) electrons. The van der Waals surface area contributed by atoms with Crippen molar-refractivity contribution in [2.45, 2.75) is 26.3 Å². The second-order valence-electron chi connectivity index (χ2n) is 2.97. The van der Waals surface area contributed by atoms with Crippen LogP contribution in [0.15, 0.2) is 0 Å². The van der Waals surface area contributed by atoms with Gasteiger partial charge in [0, 0.05) is 35.4 Å². The SMILES string of the molecule is CCNC(=S)NC(C)CCS(C)=O. The topological polar surface area (TPSA) is 41.1 Å². The highest BCUT2D eigenvalue weighted by Gasteiger charge is 2.03. The van der Waals surface area contributed by atoms with E-state index in [1.165, 1.54) is 0 Å². The minimum atomic E-state index is -0.708. The summed E-state index contributed by atoms with van der Waals surface area (Å²) >= 11 is 5.01. The summed E-state index contributed by atoms with van der Waals surface area (Å²) in [6, 6.07) is 0.287. The Morgan fingerprint density at radius 3 is 2.69 bits per heavy atom. The molecule has 2 unspecified atom stereocenters. The molecule has 2 atom stereocenters. The standard InChI is InChI=1S/C8H18N2OS2/c1-4-9-8(12)10-7(2)5-6-13(3)11/h7H,4-6H2,1-3H3,(H2,9,10,12). The van der Waals surface area contributed by atoms with Crippen LogP contribution in [0.4, 0.5) is 0 Å².